The Morgan fingerprint density at radius 2 is 1.90 bits per heavy atom. The first-order valence-electron chi connectivity index (χ1n) is 7.98. The molecule has 0 aromatic heterocycles. The lowest BCUT2D eigenvalue weighted by Gasteiger charge is -2.36. The monoisotopic (exact) mass is 296 g/mol. The zero-order valence-electron chi connectivity index (χ0n) is 12.2. The standard InChI is InChI=1S/C16H24O5/c17-9-11-6-7-13(10-18)16(8-11)15(19)20-14(21-16)12-4-2-1-3-5-12/h6-7,11-14,17-18H,1-5,8-10H2/t11-,13-,14-,16-/m0/s1. The van der Waals surface area contributed by atoms with Gasteiger partial charge >= 0.3 is 5.97 Å². The molecule has 1 spiro atoms. The summed E-state index contributed by atoms with van der Waals surface area (Å²) in [5.74, 6) is -0.619. The van der Waals surface area contributed by atoms with Crippen molar-refractivity contribution < 1.29 is 24.5 Å². The van der Waals surface area contributed by atoms with E-state index in [-0.39, 0.29) is 36.9 Å². The fourth-order valence-corrected chi connectivity index (χ4v) is 3.84. The van der Waals surface area contributed by atoms with E-state index in [0.29, 0.717) is 6.42 Å². The minimum atomic E-state index is -1.11. The summed E-state index contributed by atoms with van der Waals surface area (Å²) in [5.41, 5.74) is -1.11. The summed E-state index contributed by atoms with van der Waals surface area (Å²) >= 11 is 0. The molecule has 0 aromatic carbocycles. The minimum Gasteiger partial charge on any atom is -0.433 e. The van der Waals surface area contributed by atoms with Crippen LogP contribution < -0.4 is 0 Å². The second kappa shape index (κ2) is 6.07. The molecule has 2 fully saturated rings. The van der Waals surface area contributed by atoms with Gasteiger partial charge in [-0.3, -0.25) is 0 Å². The van der Waals surface area contributed by atoms with Crippen LogP contribution in [0.25, 0.3) is 0 Å². The van der Waals surface area contributed by atoms with Crippen LogP contribution in [0.5, 0.6) is 0 Å². The number of hydrogen-bond donors (Lipinski definition) is 2. The number of aliphatic hydroxyl groups excluding tert-OH is 2. The van der Waals surface area contributed by atoms with E-state index in [1.165, 1.54) is 6.42 Å². The van der Waals surface area contributed by atoms with Crippen molar-refractivity contribution in [2.75, 3.05) is 13.2 Å². The second-order valence-electron chi connectivity index (χ2n) is 6.50. The van der Waals surface area contributed by atoms with Crippen molar-refractivity contribution >= 4 is 5.97 Å². The summed E-state index contributed by atoms with van der Waals surface area (Å²) < 4.78 is 11.6. The molecule has 1 saturated carbocycles. The molecule has 2 aliphatic carbocycles. The average Bonchev–Trinajstić information content (AvgIpc) is 2.85. The Hall–Kier alpha value is -0.910. The molecule has 0 amide bonds. The average molecular weight is 296 g/mol. The molecule has 4 atom stereocenters. The highest BCUT2D eigenvalue weighted by molar-refractivity contribution is 5.82. The molecule has 118 valence electrons. The van der Waals surface area contributed by atoms with Crippen LogP contribution in [0.2, 0.25) is 0 Å². The summed E-state index contributed by atoms with van der Waals surface area (Å²) in [4.78, 5) is 12.5. The molecule has 0 aromatic rings. The van der Waals surface area contributed by atoms with Crippen LogP contribution in [-0.2, 0) is 14.3 Å². The van der Waals surface area contributed by atoms with E-state index >= 15 is 0 Å². The number of carbonyl (C=O) groups excluding carboxylic acids is 1. The molecule has 1 saturated heterocycles. The van der Waals surface area contributed by atoms with E-state index in [9.17, 15) is 15.0 Å². The molecule has 0 radical (unpaired) electrons. The van der Waals surface area contributed by atoms with Crippen molar-refractivity contribution in [2.24, 2.45) is 17.8 Å². The van der Waals surface area contributed by atoms with Crippen LogP contribution in [0.1, 0.15) is 38.5 Å². The fraction of sp³-hybridized carbons (Fsp3) is 0.812. The largest absolute Gasteiger partial charge is 0.433 e. The number of ether oxygens (including phenoxy) is 2. The highest BCUT2D eigenvalue weighted by atomic mass is 16.8. The van der Waals surface area contributed by atoms with Gasteiger partial charge in [-0.2, -0.15) is 0 Å². The van der Waals surface area contributed by atoms with Gasteiger partial charge < -0.3 is 19.7 Å². The lowest BCUT2D eigenvalue weighted by molar-refractivity contribution is -0.149. The summed E-state index contributed by atoms with van der Waals surface area (Å²) in [6.07, 6.45) is 9.12. The van der Waals surface area contributed by atoms with Crippen LogP contribution in [0, 0.1) is 17.8 Å². The number of esters is 1. The van der Waals surface area contributed by atoms with E-state index < -0.39 is 11.9 Å². The van der Waals surface area contributed by atoms with E-state index in [2.05, 4.69) is 0 Å². The second-order valence-corrected chi connectivity index (χ2v) is 6.50. The Morgan fingerprint density at radius 3 is 2.57 bits per heavy atom. The van der Waals surface area contributed by atoms with E-state index in [0.717, 1.165) is 25.7 Å². The Morgan fingerprint density at radius 1 is 1.14 bits per heavy atom. The zero-order valence-corrected chi connectivity index (χ0v) is 12.2. The number of cyclic esters (lactones) is 1. The van der Waals surface area contributed by atoms with E-state index in [1.54, 1.807) is 6.08 Å². The van der Waals surface area contributed by atoms with Crippen LogP contribution >= 0.6 is 0 Å². The SMILES string of the molecule is O=C1O[C@H](C2CCCCC2)O[C@]12C[C@@H](CO)C=C[C@H]2CO. The van der Waals surface area contributed by atoms with E-state index in [1.807, 2.05) is 6.08 Å². The predicted molar refractivity (Wildman–Crippen MR) is 75.2 cm³/mol. The molecular weight excluding hydrogens is 272 g/mol. The first-order valence-corrected chi connectivity index (χ1v) is 7.98. The summed E-state index contributed by atoms with van der Waals surface area (Å²) in [6, 6.07) is 0. The van der Waals surface area contributed by atoms with Gasteiger partial charge in [0.25, 0.3) is 0 Å². The zero-order chi connectivity index (χ0) is 14.9. The van der Waals surface area contributed by atoms with Gasteiger partial charge in [0.05, 0.1) is 6.61 Å². The molecule has 0 bridgehead atoms. The topological polar surface area (TPSA) is 76.0 Å². The molecule has 3 aliphatic rings. The maximum atomic E-state index is 12.5. The Bertz CT molecular complexity index is 415. The molecule has 3 rings (SSSR count). The Labute approximate surface area is 124 Å². The third kappa shape index (κ3) is 2.62. The van der Waals surface area contributed by atoms with Gasteiger partial charge in [0.2, 0.25) is 6.29 Å². The van der Waals surface area contributed by atoms with Gasteiger partial charge in [0, 0.05) is 24.4 Å². The highest BCUT2D eigenvalue weighted by Gasteiger charge is 2.57. The molecule has 1 heterocycles. The van der Waals surface area contributed by atoms with E-state index in [4.69, 9.17) is 9.47 Å². The summed E-state index contributed by atoms with van der Waals surface area (Å²) in [6.45, 7) is -0.178. The van der Waals surface area contributed by atoms with Crippen molar-refractivity contribution in [1.82, 2.24) is 0 Å². The van der Waals surface area contributed by atoms with Crippen LogP contribution in [0.3, 0.4) is 0 Å². The van der Waals surface area contributed by atoms with Crippen molar-refractivity contribution in [3.05, 3.63) is 12.2 Å². The van der Waals surface area contributed by atoms with Gasteiger partial charge in [-0.1, -0.05) is 31.4 Å². The van der Waals surface area contributed by atoms with Gasteiger partial charge in [-0.25, -0.2) is 4.79 Å². The molecule has 0 unspecified atom stereocenters. The Kier molecular flexibility index (Phi) is 4.33. The van der Waals surface area contributed by atoms with Gasteiger partial charge in [-0.05, 0) is 19.3 Å². The molecule has 5 nitrogen and oxygen atoms in total. The summed E-state index contributed by atoms with van der Waals surface area (Å²) in [5, 5.41) is 19.0. The third-order valence-electron chi connectivity index (χ3n) is 5.14. The lowest BCUT2D eigenvalue weighted by atomic mass is 9.75. The number of rotatable bonds is 3. The summed E-state index contributed by atoms with van der Waals surface area (Å²) in [7, 11) is 0. The van der Waals surface area contributed by atoms with Crippen molar-refractivity contribution in [1.29, 1.82) is 0 Å². The molecule has 5 heteroatoms. The molecule has 1 aliphatic heterocycles. The fourth-order valence-electron chi connectivity index (χ4n) is 3.84. The van der Waals surface area contributed by atoms with Crippen molar-refractivity contribution in [2.45, 2.75) is 50.4 Å². The van der Waals surface area contributed by atoms with Crippen molar-refractivity contribution in [3.8, 4) is 0 Å². The van der Waals surface area contributed by atoms with Gasteiger partial charge in [0.15, 0.2) is 5.60 Å². The first-order chi connectivity index (χ1) is 10.2. The minimum absolute atomic E-state index is 0.0267. The maximum absolute atomic E-state index is 12.5. The third-order valence-corrected chi connectivity index (χ3v) is 5.14. The van der Waals surface area contributed by atoms with Crippen LogP contribution in [0.15, 0.2) is 12.2 Å². The number of carbonyl (C=O) groups is 1. The van der Waals surface area contributed by atoms with Crippen LogP contribution in [-0.4, -0.2) is 41.3 Å². The number of hydrogen-bond acceptors (Lipinski definition) is 5. The van der Waals surface area contributed by atoms with Gasteiger partial charge in [0.1, 0.15) is 0 Å². The maximum Gasteiger partial charge on any atom is 0.341 e. The van der Waals surface area contributed by atoms with Gasteiger partial charge in [-0.15, -0.1) is 0 Å². The normalized spacial score (nSPS) is 40.7. The van der Waals surface area contributed by atoms with Crippen LogP contribution in [0.4, 0.5) is 0 Å². The quantitative estimate of drug-likeness (QED) is 0.608. The highest BCUT2D eigenvalue weighted by Crippen LogP contribution is 2.44. The molecular formula is C16H24O5. The molecule has 21 heavy (non-hydrogen) atoms. The smallest absolute Gasteiger partial charge is 0.341 e. The first kappa shape index (κ1) is 15.0. The van der Waals surface area contributed by atoms with Crippen molar-refractivity contribution in [3.63, 3.8) is 0 Å². The lowest BCUT2D eigenvalue weighted by Crippen LogP contribution is -2.49. The Balaban J connectivity index is 1.79. The predicted octanol–water partition coefficient (Wildman–Crippen LogP) is 1.38. The molecule has 2 N–H and O–H groups in total. The number of aliphatic hydroxyl groups is 2.